The van der Waals surface area contributed by atoms with Crippen LogP contribution in [-0.2, 0) is 11.3 Å². The summed E-state index contributed by atoms with van der Waals surface area (Å²) in [5, 5.41) is 15.2. The fourth-order valence-corrected chi connectivity index (χ4v) is 3.77. The van der Waals surface area contributed by atoms with E-state index in [2.05, 4.69) is 40.1 Å². The molecule has 1 aromatic heterocycles. The van der Waals surface area contributed by atoms with Crippen molar-refractivity contribution in [3.63, 3.8) is 0 Å². The first-order valence-electron chi connectivity index (χ1n) is 9.12. The third kappa shape index (κ3) is 3.86. The molecule has 6 nitrogen and oxygen atoms in total. The summed E-state index contributed by atoms with van der Waals surface area (Å²) in [6.45, 7) is 5.78. The van der Waals surface area contributed by atoms with E-state index in [1.54, 1.807) is 0 Å². The first kappa shape index (κ1) is 16.6. The van der Waals surface area contributed by atoms with Gasteiger partial charge in [-0.2, -0.15) is 5.10 Å². The zero-order valence-electron chi connectivity index (χ0n) is 14.5. The summed E-state index contributed by atoms with van der Waals surface area (Å²) >= 11 is 0. The van der Waals surface area contributed by atoms with E-state index in [4.69, 9.17) is 9.84 Å². The minimum Gasteiger partial charge on any atom is -0.391 e. The highest BCUT2D eigenvalue weighted by Crippen LogP contribution is 2.22. The van der Waals surface area contributed by atoms with Gasteiger partial charge in [0.1, 0.15) is 0 Å². The van der Waals surface area contributed by atoms with Gasteiger partial charge in [-0.15, -0.1) is 0 Å². The lowest BCUT2D eigenvalue weighted by Crippen LogP contribution is -2.58. The van der Waals surface area contributed by atoms with E-state index in [-0.39, 0.29) is 12.1 Å². The molecule has 0 saturated carbocycles. The largest absolute Gasteiger partial charge is 0.391 e. The maximum absolute atomic E-state index is 10.5. The summed E-state index contributed by atoms with van der Waals surface area (Å²) in [6.07, 6.45) is 2.56. The number of hydrogen-bond donors (Lipinski definition) is 1. The molecule has 2 saturated heterocycles. The minimum absolute atomic E-state index is 0.164. The SMILES string of the molecule is O[C@H]1CCN(c2ccn(Cc3ccccc3)n2)CC1N1CCOCC1. The van der Waals surface area contributed by atoms with Crippen LogP contribution in [0.25, 0.3) is 0 Å². The normalized spacial score (nSPS) is 25.2. The van der Waals surface area contributed by atoms with E-state index in [1.165, 1.54) is 5.56 Å². The monoisotopic (exact) mass is 342 g/mol. The number of benzene rings is 1. The average molecular weight is 342 g/mol. The van der Waals surface area contributed by atoms with Gasteiger partial charge in [0.15, 0.2) is 5.82 Å². The second kappa shape index (κ2) is 7.56. The van der Waals surface area contributed by atoms with Gasteiger partial charge in [0.2, 0.25) is 0 Å². The number of aromatic nitrogens is 2. The van der Waals surface area contributed by atoms with E-state index in [1.807, 2.05) is 16.9 Å². The molecule has 134 valence electrons. The van der Waals surface area contributed by atoms with Crippen molar-refractivity contribution in [3.8, 4) is 0 Å². The van der Waals surface area contributed by atoms with Crippen LogP contribution in [0.2, 0.25) is 0 Å². The van der Waals surface area contributed by atoms with Gasteiger partial charge in [-0.3, -0.25) is 9.58 Å². The van der Waals surface area contributed by atoms with Crippen molar-refractivity contribution >= 4 is 5.82 Å². The van der Waals surface area contributed by atoms with Gasteiger partial charge in [0, 0.05) is 38.4 Å². The topological polar surface area (TPSA) is 53.8 Å². The molecule has 2 aliphatic rings. The van der Waals surface area contributed by atoms with Crippen molar-refractivity contribution in [2.24, 2.45) is 0 Å². The number of aliphatic hydroxyl groups is 1. The Morgan fingerprint density at radius 3 is 2.68 bits per heavy atom. The second-order valence-corrected chi connectivity index (χ2v) is 6.87. The maximum atomic E-state index is 10.5. The number of morpholine rings is 1. The predicted molar refractivity (Wildman–Crippen MR) is 96.8 cm³/mol. The Kier molecular flexibility index (Phi) is 5.01. The summed E-state index contributed by atoms with van der Waals surface area (Å²) < 4.78 is 7.43. The van der Waals surface area contributed by atoms with Crippen LogP contribution in [0.3, 0.4) is 0 Å². The summed E-state index contributed by atoms with van der Waals surface area (Å²) in [7, 11) is 0. The van der Waals surface area contributed by atoms with Gasteiger partial charge in [-0.25, -0.2) is 0 Å². The number of nitrogens with zero attached hydrogens (tertiary/aromatic N) is 4. The maximum Gasteiger partial charge on any atom is 0.150 e. The number of anilines is 1. The molecule has 3 heterocycles. The summed E-state index contributed by atoms with van der Waals surface area (Å²) in [6, 6.07) is 12.6. The Hall–Kier alpha value is -1.89. The van der Waals surface area contributed by atoms with Crippen molar-refractivity contribution in [2.45, 2.75) is 25.1 Å². The number of piperidine rings is 1. The molecule has 2 fully saturated rings. The van der Waals surface area contributed by atoms with E-state index in [9.17, 15) is 5.11 Å². The van der Waals surface area contributed by atoms with Crippen LogP contribution in [0, 0.1) is 0 Å². The fraction of sp³-hybridized carbons (Fsp3) is 0.526. The summed E-state index contributed by atoms with van der Waals surface area (Å²) in [5.41, 5.74) is 1.25. The molecule has 0 radical (unpaired) electrons. The van der Waals surface area contributed by atoms with Crippen LogP contribution < -0.4 is 4.90 Å². The number of aliphatic hydroxyl groups excluding tert-OH is 1. The third-order valence-electron chi connectivity index (χ3n) is 5.20. The molecule has 2 aromatic rings. The molecule has 0 amide bonds. The first-order chi connectivity index (χ1) is 12.3. The van der Waals surface area contributed by atoms with Crippen molar-refractivity contribution < 1.29 is 9.84 Å². The molecule has 0 aliphatic carbocycles. The Balaban J connectivity index is 1.43. The third-order valence-corrected chi connectivity index (χ3v) is 5.20. The standard InChI is InChI=1S/C19H26N4O2/c24-18-6-8-22(15-17(18)21-10-12-25-13-11-21)19-7-9-23(20-19)14-16-4-2-1-3-5-16/h1-5,7,9,17-18,24H,6,8,10-15H2/t17?,18-/m0/s1. The van der Waals surface area contributed by atoms with Gasteiger partial charge in [0.05, 0.1) is 31.9 Å². The van der Waals surface area contributed by atoms with Crippen LogP contribution in [-0.4, -0.2) is 71.3 Å². The van der Waals surface area contributed by atoms with Crippen LogP contribution in [0.4, 0.5) is 5.82 Å². The Bertz CT molecular complexity index is 669. The lowest BCUT2D eigenvalue weighted by atomic mass is 10.00. The quantitative estimate of drug-likeness (QED) is 0.905. The van der Waals surface area contributed by atoms with Crippen LogP contribution in [0.15, 0.2) is 42.6 Å². The Morgan fingerprint density at radius 1 is 1.08 bits per heavy atom. The molecule has 2 aliphatic heterocycles. The van der Waals surface area contributed by atoms with Crippen LogP contribution >= 0.6 is 0 Å². The number of hydrogen-bond acceptors (Lipinski definition) is 5. The van der Waals surface area contributed by atoms with Gasteiger partial charge in [-0.1, -0.05) is 30.3 Å². The highest BCUT2D eigenvalue weighted by molar-refractivity contribution is 5.38. The highest BCUT2D eigenvalue weighted by Gasteiger charge is 2.33. The van der Waals surface area contributed by atoms with Gasteiger partial charge in [0.25, 0.3) is 0 Å². The lowest BCUT2D eigenvalue weighted by Gasteiger charge is -2.43. The zero-order chi connectivity index (χ0) is 17.1. The molecule has 2 atom stereocenters. The number of rotatable bonds is 4. The molecule has 1 N–H and O–H groups in total. The van der Waals surface area contributed by atoms with Crippen molar-refractivity contribution in [1.29, 1.82) is 0 Å². The summed E-state index contributed by atoms with van der Waals surface area (Å²) in [4.78, 5) is 4.66. The van der Waals surface area contributed by atoms with E-state index in [0.717, 1.165) is 58.2 Å². The van der Waals surface area contributed by atoms with Gasteiger partial charge in [-0.05, 0) is 12.0 Å². The average Bonchev–Trinajstić information content (AvgIpc) is 3.12. The Morgan fingerprint density at radius 2 is 1.88 bits per heavy atom. The van der Waals surface area contributed by atoms with E-state index < -0.39 is 0 Å². The molecule has 6 heteroatoms. The smallest absolute Gasteiger partial charge is 0.150 e. The number of ether oxygens (including phenoxy) is 1. The van der Waals surface area contributed by atoms with Crippen LogP contribution in [0.5, 0.6) is 0 Å². The zero-order valence-corrected chi connectivity index (χ0v) is 14.5. The highest BCUT2D eigenvalue weighted by atomic mass is 16.5. The van der Waals surface area contributed by atoms with E-state index >= 15 is 0 Å². The molecule has 4 rings (SSSR count). The molecule has 0 bridgehead atoms. The fourth-order valence-electron chi connectivity index (χ4n) is 3.77. The van der Waals surface area contributed by atoms with Crippen LogP contribution in [0.1, 0.15) is 12.0 Å². The summed E-state index contributed by atoms with van der Waals surface area (Å²) in [5.74, 6) is 1.00. The lowest BCUT2D eigenvalue weighted by molar-refractivity contribution is -0.0267. The van der Waals surface area contributed by atoms with Crippen molar-refractivity contribution in [1.82, 2.24) is 14.7 Å². The van der Waals surface area contributed by atoms with Crippen molar-refractivity contribution in [2.75, 3.05) is 44.3 Å². The second-order valence-electron chi connectivity index (χ2n) is 6.87. The predicted octanol–water partition coefficient (Wildman–Crippen LogP) is 1.20. The molecular weight excluding hydrogens is 316 g/mol. The molecule has 0 spiro atoms. The minimum atomic E-state index is -0.263. The van der Waals surface area contributed by atoms with E-state index in [0.29, 0.717) is 0 Å². The molecular formula is C19H26N4O2. The Labute approximate surface area is 148 Å². The van der Waals surface area contributed by atoms with Gasteiger partial charge < -0.3 is 14.7 Å². The molecule has 25 heavy (non-hydrogen) atoms. The molecule has 1 aromatic carbocycles. The van der Waals surface area contributed by atoms with Crippen molar-refractivity contribution in [3.05, 3.63) is 48.2 Å². The molecule has 1 unspecified atom stereocenters. The van der Waals surface area contributed by atoms with Gasteiger partial charge >= 0.3 is 0 Å². The first-order valence-corrected chi connectivity index (χ1v) is 9.12.